The largest absolute Gasteiger partial charge is 0.359 e. The maximum absolute atomic E-state index is 4.85. The van der Waals surface area contributed by atoms with Gasteiger partial charge >= 0.3 is 0 Å². The summed E-state index contributed by atoms with van der Waals surface area (Å²) in [5, 5.41) is 4.76. The Balaban J connectivity index is 0.00000101. The SMILES string of the molecule is C=C(Nc1ccc2ccc(/C(C)=C/C)nc2c1)C1CCN(C2CCN(C)CC2)CC1.CC.CCC.[HH]. The normalized spacial score (nSPS) is 18.3. The van der Waals surface area contributed by atoms with Crippen molar-refractivity contribution in [1.29, 1.82) is 0 Å². The number of pyridine rings is 1. The maximum Gasteiger partial charge on any atom is 0.0730 e. The molecule has 4 nitrogen and oxygen atoms in total. The van der Waals surface area contributed by atoms with Gasteiger partial charge in [-0.05, 0) is 96.5 Å². The lowest BCUT2D eigenvalue weighted by molar-refractivity contribution is 0.0914. The quantitative estimate of drug-likeness (QED) is 0.469. The molecule has 0 saturated carbocycles. The lowest BCUT2D eigenvalue weighted by Gasteiger charge is -2.41. The zero-order chi connectivity index (χ0) is 25.8. The Hall–Kier alpha value is -2.17. The van der Waals surface area contributed by atoms with Gasteiger partial charge in [0.15, 0.2) is 0 Å². The second-order valence-electron chi connectivity index (χ2n) is 9.78. The van der Waals surface area contributed by atoms with Crippen LogP contribution < -0.4 is 5.32 Å². The highest BCUT2D eigenvalue weighted by Gasteiger charge is 2.28. The molecule has 1 aromatic heterocycles. The van der Waals surface area contributed by atoms with E-state index in [2.05, 4.69) is 92.8 Å². The summed E-state index contributed by atoms with van der Waals surface area (Å²) in [6, 6.07) is 11.5. The van der Waals surface area contributed by atoms with Crippen LogP contribution in [0.3, 0.4) is 0 Å². The van der Waals surface area contributed by atoms with Crippen LogP contribution in [0.5, 0.6) is 0 Å². The van der Waals surface area contributed by atoms with E-state index >= 15 is 0 Å². The molecular formula is C31H52N4. The van der Waals surface area contributed by atoms with E-state index < -0.39 is 0 Å². The van der Waals surface area contributed by atoms with E-state index in [4.69, 9.17) is 4.98 Å². The van der Waals surface area contributed by atoms with Crippen LogP contribution in [0.15, 0.2) is 48.7 Å². The van der Waals surface area contributed by atoms with Gasteiger partial charge in [-0.2, -0.15) is 0 Å². The van der Waals surface area contributed by atoms with Crippen LogP contribution in [0, 0.1) is 5.92 Å². The van der Waals surface area contributed by atoms with Crippen LogP contribution in [0.4, 0.5) is 5.69 Å². The molecule has 2 saturated heterocycles. The first-order valence-electron chi connectivity index (χ1n) is 13.9. The monoisotopic (exact) mass is 480 g/mol. The lowest BCUT2D eigenvalue weighted by Crippen LogP contribution is -2.47. The summed E-state index contributed by atoms with van der Waals surface area (Å²) in [7, 11) is 2.24. The number of nitrogens with zero attached hydrogens (tertiary/aromatic N) is 3. The Morgan fingerprint density at radius 2 is 1.66 bits per heavy atom. The number of nitrogens with one attached hydrogen (secondary N) is 1. The number of rotatable bonds is 5. The summed E-state index contributed by atoms with van der Waals surface area (Å²) < 4.78 is 0. The third-order valence-electron chi connectivity index (χ3n) is 7.06. The number of benzene rings is 1. The molecule has 196 valence electrons. The molecule has 0 aliphatic carbocycles. The van der Waals surface area contributed by atoms with Crippen molar-refractivity contribution < 1.29 is 1.43 Å². The van der Waals surface area contributed by atoms with Crippen LogP contribution >= 0.6 is 0 Å². The highest BCUT2D eigenvalue weighted by atomic mass is 15.2. The molecule has 1 N–H and O–H groups in total. The molecule has 0 spiro atoms. The first kappa shape index (κ1) is 29.1. The fourth-order valence-corrected chi connectivity index (χ4v) is 4.82. The Morgan fingerprint density at radius 1 is 1.06 bits per heavy atom. The van der Waals surface area contributed by atoms with Gasteiger partial charge in [-0.25, -0.2) is 4.98 Å². The second kappa shape index (κ2) is 15.1. The van der Waals surface area contributed by atoms with Crippen LogP contribution in [0.25, 0.3) is 16.5 Å². The molecule has 0 bridgehead atoms. The van der Waals surface area contributed by atoms with Gasteiger partial charge in [0, 0.05) is 30.2 Å². The van der Waals surface area contributed by atoms with Gasteiger partial charge in [-0.3, -0.25) is 0 Å². The molecular weight excluding hydrogens is 428 g/mol. The molecule has 4 rings (SSSR count). The average Bonchev–Trinajstić information content (AvgIpc) is 2.90. The van der Waals surface area contributed by atoms with Crippen LogP contribution in [0.2, 0.25) is 0 Å². The predicted octanol–water partition coefficient (Wildman–Crippen LogP) is 8.08. The van der Waals surface area contributed by atoms with Gasteiger partial charge in [-0.15, -0.1) is 0 Å². The molecule has 2 aliphatic heterocycles. The second-order valence-corrected chi connectivity index (χ2v) is 9.78. The number of hydrogen-bond acceptors (Lipinski definition) is 4. The van der Waals surface area contributed by atoms with Gasteiger partial charge in [0.05, 0.1) is 11.2 Å². The summed E-state index contributed by atoms with van der Waals surface area (Å²) in [5.74, 6) is 0.549. The Bertz CT molecular complexity index is 939. The van der Waals surface area contributed by atoms with E-state index in [1.807, 2.05) is 13.8 Å². The number of hydrogen-bond donors (Lipinski definition) is 1. The molecule has 2 aromatic rings. The number of anilines is 1. The van der Waals surface area contributed by atoms with Gasteiger partial charge in [-0.1, -0.05) is 58.9 Å². The Kier molecular flexibility index (Phi) is 12.5. The summed E-state index contributed by atoms with van der Waals surface area (Å²) in [4.78, 5) is 10.0. The summed E-state index contributed by atoms with van der Waals surface area (Å²) in [6.07, 6.45) is 8.40. The first-order chi connectivity index (χ1) is 16.9. The van der Waals surface area contributed by atoms with Gasteiger partial charge in [0.2, 0.25) is 0 Å². The molecule has 4 heteroatoms. The number of fused-ring (bicyclic) bond motifs is 1. The highest BCUT2D eigenvalue weighted by Crippen LogP contribution is 2.29. The predicted molar refractivity (Wildman–Crippen MR) is 158 cm³/mol. The molecule has 2 aliphatic rings. The molecule has 0 amide bonds. The van der Waals surface area contributed by atoms with E-state index in [-0.39, 0.29) is 1.43 Å². The molecule has 3 heterocycles. The molecule has 2 fully saturated rings. The average molecular weight is 481 g/mol. The van der Waals surface area contributed by atoms with Crippen LogP contribution in [0.1, 0.15) is 80.8 Å². The van der Waals surface area contributed by atoms with Crippen molar-refractivity contribution in [3.05, 3.63) is 54.4 Å². The Labute approximate surface area is 217 Å². The van der Waals surface area contributed by atoms with E-state index in [0.717, 1.165) is 28.6 Å². The van der Waals surface area contributed by atoms with Crippen molar-refractivity contribution in [2.75, 3.05) is 38.5 Å². The Morgan fingerprint density at radius 3 is 2.26 bits per heavy atom. The standard InChI is InChI=1S/C26H36N4.C3H8.C2H6.H2/c1-5-19(2)25-9-7-22-6-8-23(18-26(22)28-25)27-20(3)21-10-16-30(17-11-21)24-12-14-29(4)15-13-24;1-3-2;1-2;/h5-9,18,21,24,27H,3,10-17H2,1-2,4H3;3H2,1-2H3;1-2H3;1H/b19-5+;;;. The number of piperidine rings is 2. The van der Waals surface area contributed by atoms with Crippen LogP contribution in [-0.2, 0) is 0 Å². The van der Waals surface area contributed by atoms with Crippen LogP contribution in [-0.4, -0.2) is 54.1 Å². The summed E-state index contributed by atoms with van der Waals surface area (Å²) >= 11 is 0. The molecule has 35 heavy (non-hydrogen) atoms. The number of aromatic nitrogens is 1. The lowest BCUT2D eigenvalue weighted by atomic mass is 9.91. The number of allylic oxidation sites excluding steroid dienone is 3. The van der Waals surface area contributed by atoms with Crippen molar-refractivity contribution in [1.82, 2.24) is 14.8 Å². The third kappa shape index (κ3) is 8.47. The number of likely N-dealkylation sites (tertiary alicyclic amines) is 2. The zero-order valence-corrected chi connectivity index (χ0v) is 23.5. The minimum atomic E-state index is 0. The van der Waals surface area contributed by atoms with Gasteiger partial charge in [0.25, 0.3) is 0 Å². The third-order valence-corrected chi connectivity index (χ3v) is 7.06. The van der Waals surface area contributed by atoms with Crippen molar-refractivity contribution in [2.45, 2.75) is 79.7 Å². The van der Waals surface area contributed by atoms with E-state index in [0.29, 0.717) is 5.92 Å². The van der Waals surface area contributed by atoms with E-state index in [9.17, 15) is 0 Å². The zero-order valence-electron chi connectivity index (χ0n) is 23.5. The fourth-order valence-electron chi connectivity index (χ4n) is 4.82. The topological polar surface area (TPSA) is 31.4 Å². The molecule has 0 radical (unpaired) electrons. The van der Waals surface area contributed by atoms with Crippen molar-refractivity contribution >= 4 is 22.2 Å². The van der Waals surface area contributed by atoms with Crippen molar-refractivity contribution in [2.24, 2.45) is 5.92 Å². The van der Waals surface area contributed by atoms with Gasteiger partial charge in [0.1, 0.15) is 0 Å². The fraction of sp³-hybridized carbons (Fsp3) is 0.581. The van der Waals surface area contributed by atoms with Crippen molar-refractivity contribution in [3.8, 4) is 0 Å². The highest BCUT2D eigenvalue weighted by molar-refractivity contribution is 5.84. The molecule has 0 atom stereocenters. The maximum atomic E-state index is 4.85. The summed E-state index contributed by atoms with van der Waals surface area (Å²) in [5.41, 5.74) is 5.52. The van der Waals surface area contributed by atoms with E-state index in [1.54, 1.807) is 0 Å². The smallest absolute Gasteiger partial charge is 0.0730 e. The minimum absolute atomic E-state index is 0. The van der Waals surface area contributed by atoms with Crippen molar-refractivity contribution in [3.63, 3.8) is 0 Å². The first-order valence-corrected chi connectivity index (χ1v) is 13.9. The minimum Gasteiger partial charge on any atom is -0.359 e. The molecule has 0 unspecified atom stereocenters. The molecule has 1 aromatic carbocycles. The van der Waals surface area contributed by atoms with E-state index in [1.165, 1.54) is 69.2 Å². The van der Waals surface area contributed by atoms with Gasteiger partial charge < -0.3 is 15.1 Å². The summed E-state index contributed by atoms with van der Waals surface area (Å²) in [6.45, 7) is 21.7.